The zero-order chi connectivity index (χ0) is 15.0. The average Bonchev–Trinajstić information content (AvgIpc) is 2.70. The number of nitrogens with zero attached hydrogens (tertiary/aromatic N) is 3. The highest BCUT2D eigenvalue weighted by Crippen LogP contribution is 2.28. The normalized spacial score (nSPS) is 10.8. The van der Waals surface area contributed by atoms with Gasteiger partial charge in [0.25, 0.3) is 0 Å². The fourth-order valence-corrected chi connectivity index (χ4v) is 1.83. The molecular formula is C12H22N4O4. The molecule has 114 valence electrons. The van der Waals surface area contributed by atoms with E-state index >= 15 is 0 Å². The second-order valence-corrected chi connectivity index (χ2v) is 4.29. The molecule has 0 aliphatic rings. The van der Waals surface area contributed by atoms with E-state index in [1.165, 1.54) is 0 Å². The summed E-state index contributed by atoms with van der Waals surface area (Å²) in [5.74, 6) is 0.449. The second kappa shape index (κ2) is 8.49. The predicted molar refractivity (Wildman–Crippen MR) is 75.1 cm³/mol. The quantitative estimate of drug-likeness (QED) is 0.399. The van der Waals surface area contributed by atoms with Crippen molar-refractivity contribution < 1.29 is 14.4 Å². The highest BCUT2D eigenvalue weighted by atomic mass is 16.6. The Labute approximate surface area is 118 Å². The molecule has 8 heteroatoms. The number of rotatable bonds is 10. The third-order valence-electron chi connectivity index (χ3n) is 2.68. The summed E-state index contributed by atoms with van der Waals surface area (Å²) in [6.07, 6.45) is 0.858. The second-order valence-electron chi connectivity index (χ2n) is 4.29. The number of aryl methyl sites for hydroxylation is 2. The van der Waals surface area contributed by atoms with Gasteiger partial charge in [-0.15, -0.1) is 0 Å². The van der Waals surface area contributed by atoms with Crippen molar-refractivity contribution in [1.29, 1.82) is 0 Å². The van der Waals surface area contributed by atoms with Gasteiger partial charge in [0.1, 0.15) is 5.69 Å². The SMILES string of the molecule is CCCn1nc(C)c([N+](=O)[O-])c1NCCOCCOC. The van der Waals surface area contributed by atoms with Gasteiger partial charge in [-0.25, -0.2) is 4.68 Å². The number of hydrogen-bond donors (Lipinski definition) is 1. The lowest BCUT2D eigenvalue weighted by molar-refractivity contribution is -0.384. The van der Waals surface area contributed by atoms with Gasteiger partial charge in [-0.05, 0) is 13.3 Å². The summed E-state index contributed by atoms with van der Waals surface area (Å²) in [6, 6.07) is 0. The first-order valence-corrected chi connectivity index (χ1v) is 6.64. The van der Waals surface area contributed by atoms with E-state index < -0.39 is 4.92 Å². The molecule has 0 spiro atoms. The maximum Gasteiger partial charge on any atom is 0.333 e. The largest absolute Gasteiger partial charge is 0.382 e. The number of anilines is 1. The van der Waals surface area contributed by atoms with Crippen LogP contribution in [0, 0.1) is 17.0 Å². The summed E-state index contributed by atoms with van der Waals surface area (Å²) in [7, 11) is 1.61. The van der Waals surface area contributed by atoms with Crippen LogP contribution in [-0.4, -0.2) is 48.2 Å². The predicted octanol–water partition coefficient (Wildman–Crippen LogP) is 1.58. The summed E-state index contributed by atoms with van der Waals surface area (Å²) < 4.78 is 11.8. The van der Waals surface area contributed by atoms with Crippen molar-refractivity contribution in [3.8, 4) is 0 Å². The van der Waals surface area contributed by atoms with Crippen molar-refractivity contribution in [3.05, 3.63) is 15.8 Å². The molecule has 20 heavy (non-hydrogen) atoms. The fraction of sp³-hybridized carbons (Fsp3) is 0.750. The van der Waals surface area contributed by atoms with Crippen LogP contribution in [-0.2, 0) is 16.0 Å². The molecule has 8 nitrogen and oxygen atoms in total. The summed E-state index contributed by atoms with van der Waals surface area (Å²) in [5, 5.41) is 18.3. The minimum atomic E-state index is -0.400. The molecule has 0 unspecified atom stereocenters. The molecule has 0 saturated heterocycles. The van der Waals surface area contributed by atoms with Crippen molar-refractivity contribution in [2.45, 2.75) is 26.8 Å². The van der Waals surface area contributed by atoms with Crippen molar-refractivity contribution in [1.82, 2.24) is 9.78 Å². The first-order valence-electron chi connectivity index (χ1n) is 6.64. The van der Waals surface area contributed by atoms with Gasteiger partial charge in [-0.1, -0.05) is 6.92 Å². The van der Waals surface area contributed by atoms with Crippen molar-refractivity contribution in [2.24, 2.45) is 0 Å². The maximum absolute atomic E-state index is 11.1. The molecule has 0 aliphatic heterocycles. The Morgan fingerprint density at radius 3 is 2.75 bits per heavy atom. The summed E-state index contributed by atoms with van der Waals surface area (Å²) in [6.45, 7) is 6.27. The van der Waals surface area contributed by atoms with E-state index in [1.54, 1.807) is 18.7 Å². The molecular weight excluding hydrogens is 264 g/mol. The van der Waals surface area contributed by atoms with Crippen LogP contribution in [0.5, 0.6) is 0 Å². The molecule has 0 atom stereocenters. The highest BCUT2D eigenvalue weighted by Gasteiger charge is 2.24. The van der Waals surface area contributed by atoms with E-state index in [0.29, 0.717) is 44.4 Å². The van der Waals surface area contributed by atoms with E-state index in [0.717, 1.165) is 6.42 Å². The van der Waals surface area contributed by atoms with Gasteiger partial charge in [-0.3, -0.25) is 10.1 Å². The van der Waals surface area contributed by atoms with Crippen molar-refractivity contribution in [2.75, 3.05) is 38.8 Å². The van der Waals surface area contributed by atoms with Gasteiger partial charge in [0.05, 0.1) is 24.7 Å². The molecule has 0 aliphatic carbocycles. The Bertz CT molecular complexity index is 433. The van der Waals surface area contributed by atoms with Crippen LogP contribution in [0.3, 0.4) is 0 Å². The van der Waals surface area contributed by atoms with Gasteiger partial charge in [0, 0.05) is 20.2 Å². The van der Waals surface area contributed by atoms with Gasteiger partial charge in [0.15, 0.2) is 0 Å². The minimum Gasteiger partial charge on any atom is -0.382 e. The highest BCUT2D eigenvalue weighted by molar-refractivity contribution is 5.59. The molecule has 1 N–H and O–H groups in total. The first kappa shape index (κ1) is 16.4. The van der Waals surface area contributed by atoms with Crippen LogP contribution in [0.25, 0.3) is 0 Å². The molecule has 0 amide bonds. The minimum absolute atomic E-state index is 0.0374. The standard InChI is InChI=1S/C12H22N4O4/c1-4-6-15-12(11(16(17)18)10(2)14-15)13-5-7-20-9-8-19-3/h13H,4-9H2,1-3H3. The summed E-state index contributed by atoms with van der Waals surface area (Å²) in [5.41, 5.74) is 0.460. The van der Waals surface area contributed by atoms with Crippen LogP contribution in [0.15, 0.2) is 0 Å². The Morgan fingerprint density at radius 1 is 1.40 bits per heavy atom. The van der Waals surface area contributed by atoms with Gasteiger partial charge in [0.2, 0.25) is 5.82 Å². The fourth-order valence-electron chi connectivity index (χ4n) is 1.83. The first-order chi connectivity index (χ1) is 9.61. The average molecular weight is 286 g/mol. The van der Waals surface area contributed by atoms with E-state index in [-0.39, 0.29) is 5.69 Å². The Kier molecular flexibility index (Phi) is 6.96. The Balaban J connectivity index is 2.63. The molecule has 1 aromatic heterocycles. The van der Waals surface area contributed by atoms with Crippen LogP contribution >= 0.6 is 0 Å². The van der Waals surface area contributed by atoms with E-state index in [9.17, 15) is 10.1 Å². The zero-order valence-corrected chi connectivity index (χ0v) is 12.2. The lowest BCUT2D eigenvalue weighted by atomic mass is 10.4. The smallest absolute Gasteiger partial charge is 0.333 e. The van der Waals surface area contributed by atoms with Gasteiger partial charge in [-0.2, -0.15) is 5.10 Å². The summed E-state index contributed by atoms with van der Waals surface area (Å²) in [4.78, 5) is 10.7. The number of methoxy groups -OCH3 is 1. The topological polar surface area (TPSA) is 91.5 Å². The summed E-state index contributed by atoms with van der Waals surface area (Å²) >= 11 is 0. The maximum atomic E-state index is 11.1. The molecule has 0 aromatic carbocycles. The molecule has 1 rings (SSSR count). The molecule has 1 aromatic rings. The lowest BCUT2D eigenvalue weighted by Crippen LogP contribution is -2.15. The molecule has 0 radical (unpaired) electrons. The third-order valence-corrected chi connectivity index (χ3v) is 2.68. The number of ether oxygens (including phenoxy) is 2. The monoisotopic (exact) mass is 286 g/mol. The third kappa shape index (κ3) is 4.46. The number of hydrogen-bond acceptors (Lipinski definition) is 6. The lowest BCUT2D eigenvalue weighted by Gasteiger charge is -2.09. The molecule has 0 fully saturated rings. The van der Waals surface area contributed by atoms with Gasteiger partial charge < -0.3 is 14.8 Å². The number of aromatic nitrogens is 2. The van der Waals surface area contributed by atoms with Crippen LogP contribution in [0.4, 0.5) is 11.5 Å². The van der Waals surface area contributed by atoms with E-state index in [2.05, 4.69) is 10.4 Å². The Morgan fingerprint density at radius 2 is 2.15 bits per heavy atom. The van der Waals surface area contributed by atoms with E-state index in [1.807, 2.05) is 6.92 Å². The van der Waals surface area contributed by atoms with E-state index in [4.69, 9.17) is 9.47 Å². The molecule has 0 saturated carbocycles. The molecule has 0 bridgehead atoms. The zero-order valence-electron chi connectivity index (χ0n) is 12.2. The van der Waals surface area contributed by atoms with Crippen LogP contribution in [0.1, 0.15) is 19.0 Å². The molecule has 1 heterocycles. The number of nitrogens with one attached hydrogen (secondary N) is 1. The number of nitro groups is 1. The van der Waals surface area contributed by atoms with Crippen molar-refractivity contribution >= 4 is 11.5 Å². The van der Waals surface area contributed by atoms with Gasteiger partial charge >= 0.3 is 5.69 Å². The van der Waals surface area contributed by atoms with Crippen molar-refractivity contribution in [3.63, 3.8) is 0 Å². The van der Waals surface area contributed by atoms with Crippen LogP contribution in [0.2, 0.25) is 0 Å². The Hall–Kier alpha value is -1.67. The van der Waals surface area contributed by atoms with Crippen LogP contribution < -0.4 is 5.32 Å².